The van der Waals surface area contributed by atoms with Gasteiger partial charge in [0.25, 0.3) is 0 Å². The van der Waals surface area contributed by atoms with E-state index in [0.717, 1.165) is 0 Å². The molecule has 66 valence electrons. The lowest BCUT2D eigenvalue weighted by atomic mass is 10.6. The van der Waals surface area contributed by atoms with Gasteiger partial charge in [0.15, 0.2) is 6.61 Å². The van der Waals surface area contributed by atoms with E-state index in [0.29, 0.717) is 0 Å². The number of cyclic esters (lactones) is 2. The molecule has 0 N–H and O–H groups in total. The fourth-order valence-electron chi connectivity index (χ4n) is 1.02. The SMILES string of the molecule is O=C1OCC(F)([SH]2C=CC=C2)O1. The quantitative estimate of drug-likeness (QED) is 0.506. The number of carbonyl (C=O) groups is 1. The second-order valence-electron chi connectivity index (χ2n) is 2.42. The molecule has 0 aromatic heterocycles. The second kappa shape index (κ2) is 2.52. The monoisotopic (exact) mass is 190 g/mol. The van der Waals surface area contributed by atoms with Gasteiger partial charge in [-0.15, -0.1) is 10.9 Å². The lowest BCUT2D eigenvalue weighted by Crippen LogP contribution is -2.23. The van der Waals surface area contributed by atoms with E-state index < -0.39 is 22.2 Å². The van der Waals surface area contributed by atoms with E-state index in [9.17, 15) is 9.18 Å². The van der Waals surface area contributed by atoms with Crippen LogP contribution < -0.4 is 0 Å². The number of hydrogen-bond donors (Lipinski definition) is 1. The minimum Gasteiger partial charge on any atom is -0.426 e. The van der Waals surface area contributed by atoms with Gasteiger partial charge in [0.1, 0.15) is 0 Å². The smallest absolute Gasteiger partial charge is 0.426 e. The Kier molecular flexibility index (Phi) is 1.61. The minimum absolute atomic E-state index is 0.299. The maximum absolute atomic E-state index is 13.6. The van der Waals surface area contributed by atoms with Crippen LogP contribution in [-0.2, 0) is 9.47 Å². The van der Waals surface area contributed by atoms with Gasteiger partial charge in [0.05, 0.1) is 0 Å². The van der Waals surface area contributed by atoms with Crippen LogP contribution in [0.2, 0.25) is 0 Å². The van der Waals surface area contributed by atoms with Crippen LogP contribution in [0.25, 0.3) is 0 Å². The Hall–Kier alpha value is -0.970. The molecule has 0 aliphatic carbocycles. The molecule has 0 spiro atoms. The van der Waals surface area contributed by atoms with Gasteiger partial charge in [-0.3, -0.25) is 0 Å². The molecule has 12 heavy (non-hydrogen) atoms. The summed E-state index contributed by atoms with van der Waals surface area (Å²) in [4.78, 5) is 10.5. The Balaban J connectivity index is 2.16. The molecule has 1 unspecified atom stereocenters. The van der Waals surface area contributed by atoms with E-state index in [2.05, 4.69) is 9.47 Å². The van der Waals surface area contributed by atoms with Crippen molar-refractivity contribution in [1.29, 1.82) is 0 Å². The number of allylic oxidation sites excluding steroid dienone is 2. The topological polar surface area (TPSA) is 35.5 Å². The fraction of sp³-hybridized carbons (Fsp3) is 0.286. The zero-order valence-electron chi connectivity index (χ0n) is 6.07. The predicted molar refractivity (Wildman–Crippen MR) is 43.5 cm³/mol. The molecule has 2 aliphatic rings. The molecule has 1 fully saturated rings. The van der Waals surface area contributed by atoms with Crippen LogP contribution in [0.1, 0.15) is 0 Å². The summed E-state index contributed by atoms with van der Waals surface area (Å²) in [5.41, 5.74) is 0. The predicted octanol–water partition coefficient (Wildman–Crippen LogP) is 1.82. The van der Waals surface area contributed by atoms with Gasteiger partial charge in [-0.25, -0.2) is 4.79 Å². The highest BCUT2D eigenvalue weighted by atomic mass is 32.2. The van der Waals surface area contributed by atoms with Gasteiger partial charge in [0, 0.05) is 0 Å². The Labute approximate surface area is 71.2 Å². The molecule has 0 aromatic rings. The summed E-state index contributed by atoms with van der Waals surface area (Å²) >= 11 is 0. The maximum Gasteiger partial charge on any atom is 0.512 e. The molecule has 1 atom stereocenters. The highest BCUT2D eigenvalue weighted by molar-refractivity contribution is 8.23. The molecule has 0 aromatic carbocycles. The lowest BCUT2D eigenvalue weighted by Gasteiger charge is -2.22. The van der Waals surface area contributed by atoms with Gasteiger partial charge in [-0.2, -0.15) is 4.39 Å². The van der Waals surface area contributed by atoms with Crippen molar-refractivity contribution in [3.63, 3.8) is 0 Å². The third-order valence-corrected chi connectivity index (χ3v) is 3.58. The van der Waals surface area contributed by atoms with E-state index in [-0.39, 0.29) is 6.61 Å². The summed E-state index contributed by atoms with van der Waals surface area (Å²) < 4.78 is 22.5. The van der Waals surface area contributed by atoms with Gasteiger partial charge in [0.2, 0.25) is 0 Å². The van der Waals surface area contributed by atoms with Gasteiger partial charge in [-0.05, 0) is 10.8 Å². The van der Waals surface area contributed by atoms with E-state index in [1.807, 2.05) is 0 Å². The normalized spacial score (nSPS) is 35.4. The second-order valence-corrected chi connectivity index (χ2v) is 4.50. The number of ether oxygens (including phenoxy) is 2. The third-order valence-electron chi connectivity index (χ3n) is 1.60. The molecule has 2 rings (SSSR count). The van der Waals surface area contributed by atoms with Gasteiger partial charge >= 0.3 is 11.3 Å². The van der Waals surface area contributed by atoms with Crippen molar-refractivity contribution >= 4 is 17.1 Å². The number of halogens is 1. The molecule has 0 bridgehead atoms. The van der Waals surface area contributed by atoms with Crippen molar-refractivity contribution in [3.05, 3.63) is 23.0 Å². The molecule has 0 saturated carbocycles. The van der Waals surface area contributed by atoms with Crippen LogP contribution in [-0.4, -0.2) is 17.9 Å². The Morgan fingerprint density at radius 3 is 2.67 bits per heavy atom. The molecule has 5 heteroatoms. The van der Waals surface area contributed by atoms with Crippen LogP contribution in [0, 0.1) is 0 Å². The molecular weight excluding hydrogens is 183 g/mol. The lowest BCUT2D eigenvalue weighted by molar-refractivity contribution is 0.0253. The molecular formula is C7H7FO3S. The number of rotatable bonds is 1. The van der Waals surface area contributed by atoms with E-state index >= 15 is 0 Å². The minimum atomic E-state index is -1.93. The average Bonchev–Trinajstić information content (AvgIpc) is 2.59. The largest absolute Gasteiger partial charge is 0.512 e. The average molecular weight is 190 g/mol. The first-order chi connectivity index (χ1) is 5.71. The first-order valence-corrected chi connectivity index (χ1v) is 4.87. The Morgan fingerprint density at radius 2 is 2.17 bits per heavy atom. The van der Waals surface area contributed by atoms with Gasteiger partial charge < -0.3 is 9.47 Å². The van der Waals surface area contributed by atoms with Crippen molar-refractivity contribution in [3.8, 4) is 0 Å². The Morgan fingerprint density at radius 1 is 1.50 bits per heavy atom. The summed E-state index contributed by atoms with van der Waals surface area (Å²) in [7, 11) is -1.15. The highest BCUT2D eigenvalue weighted by Gasteiger charge is 2.46. The fourth-order valence-corrected chi connectivity index (χ4v) is 2.53. The summed E-state index contributed by atoms with van der Waals surface area (Å²) in [5, 5.41) is 1.45. The molecule has 2 heterocycles. The summed E-state index contributed by atoms with van der Waals surface area (Å²) in [6.45, 7) is -0.299. The number of carbonyl (C=O) groups excluding carboxylic acids is 1. The maximum atomic E-state index is 13.6. The third kappa shape index (κ3) is 1.10. The molecule has 3 nitrogen and oxygen atoms in total. The van der Waals surface area contributed by atoms with Crippen LogP contribution >= 0.6 is 10.9 Å². The molecule has 2 aliphatic heterocycles. The van der Waals surface area contributed by atoms with E-state index in [1.54, 1.807) is 23.0 Å². The van der Waals surface area contributed by atoms with Crippen LogP contribution in [0.4, 0.5) is 9.18 Å². The Bertz CT molecular complexity index is 264. The van der Waals surface area contributed by atoms with Crippen molar-refractivity contribution in [2.75, 3.05) is 6.61 Å². The first-order valence-electron chi connectivity index (χ1n) is 3.39. The van der Waals surface area contributed by atoms with Crippen molar-refractivity contribution in [2.45, 2.75) is 5.19 Å². The summed E-state index contributed by atoms with van der Waals surface area (Å²) in [6, 6.07) is 0. The van der Waals surface area contributed by atoms with Crippen LogP contribution in [0.5, 0.6) is 0 Å². The zero-order valence-corrected chi connectivity index (χ0v) is 6.96. The number of thiol groups is 1. The molecule has 0 amide bonds. The van der Waals surface area contributed by atoms with Gasteiger partial charge in [-0.1, -0.05) is 12.2 Å². The standard InChI is InChI=1S/C7H7FO3S/c8-7(5-10-6(9)11-7)12-3-1-2-4-12/h1-4,12H,5H2. The summed E-state index contributed by atoms with van der Waals surface area (Å²) in [6.07, 6.45) is 2.55. The molecule has 1 saturated heterocycles. The summed E-state index contributed by atoms with van der Waals surface area (Å²) in [5.74, 6) is 0. The van der Waals surface area contributed by atoms with Crippen LogP contribution in [0.3, 0.4) is 0 Å². The first kappa shape index (κ1) is 7.67. The van der Waals surface area contributed by atoms with Crippen molar-refractivity contribution < 1.29 is 18.7 Å². The van der Waals surface area contributed by atoms with E-state index in [4.69, 9.17) is 0 Å². The number of hydrogen-bond acceptors (Lipinski definition) is 3. The van der Waals surface area contributed by atoms with Crippen molar-refractivity contribution in [1.82, 2.24) is 0 Å². The van der Waals surface area contributed by atoms with Crippen molar-refractivity contribution in [2.24, 2.45) is 0 Å². The highest BCUT2D eigenvalue weighted by Crippen LogP contribution is 2.50. The molecule has 0 radical (unpaired) electrons. The van der Waals surface area contributed by atoms with Crippen LogP contribution in [0.15, 0.2) is 23.0 Å². The zero-order chi connectivity index (χ0) is 8.60. The van der Waals surface area contributed by atoms with E-state index in [1.165, 1.54) is 0 Å². The number of alkyl halides is 1.